The van der Waals surface area contributed by atoms with E-state index in [1.54, 1.807) is 0 Å². The van der Waals surface area contributed by atoms with Crippen LogP contribution in [0.25, 0.3) is 0 Å². The van der Waals surface area contributed by atoms with Crippen LogP contribution < -0.4 is 0 Å². The highest BCUT2D eigenvalue weighted by Gasteiger charge is 2.31. The summed E-state index contributed by atoms with van der Waals surface area (Å²) < 4.78 is 11.9. The van der Waals surface area contributed by atoms with Crippen molar-refractivity contribution in [3.05, 3.63) is 0 Å². The summed E-state index contributed by atoms with van der Waals surface area (Å²) in [5.41, 5.74) is 0. The molecule has 0 amide bonds. The van der Waals surface area contributed by atoms with E-state index < -0.39 is 0 Å². The fourth-order valence-electron chi connectivity index (χ4n) is 3.21. The molecule has 0 aromatic rings. The van der Waals surface area contributed by atoms with Crippen LogP contribution in [-0.4, -0.2) is 24.9 Å². The van der Waals surface area contributed by atoms with E-state index in [9.17, 15) is 0 Å². The number of rotatable bonds is 6. The zero-order chi connectivity index (χ0) is 13.5. The van der Waals surface area contributed by atoms with Gasteiger partial charge in [-0.2, -0.15) is 0 Å². The van der Waals surface area contributed by atoms with Crippen molar-refractivity contribution in [2.45, 2.75) is 76.4 Å². The molecule has 0 aromatic carbocycles. The lowest BCUT2D eigenvalue weighted by Crippen LogP contribution is -2.38. The standard InChI is InChI=1S/C16H29ClO2/c1-2-3-4-5-6-13-11-18-16(19-12-13)14-7-9-15(17)10-8-14/h13-16H,2-12H2,1H3. The Morgan fingerprint density at radius 2 is 1.63 bits per heavy atom. The average molecular weight is 289 g/mol. The molecule has 0 radical (unpaired) electrons. The van der Waals surface area contributed by atoms with Gasteiger partial charge in [-0.3, -0.25) is 0 Å². The van der Waals surface area contributed by atoms with Crippen LogP contribution in [-0.2, 0) is 9.47 Å². The van der Waals surface area contributed by atoms with E-state index in [0.29, 0.717) is 17.2 Å². The highest BCUT2D eigenvalue weighted by atomic mass is 35.5. The minimum atomic E-state index is 0.0519. The molecule has 1 saturated carbocycles. The molecule has 1 heterocycles. The SMILES string of the molecule is CCCCCCC1COC(C2CCC(Cl)CC2)OC1. The summed E-state index contributed by atoms with van der Waals surface area (Å²) in [5, 5.41) is 0.381. The van der Waals surface area contributed by atoms with E-state index in [1.165, 1.54) is 44.9 Å². The van der Waals surface area contributed by atoms with Crippen LogP contribution in [0.2, 0.25) is 0 Å². The Labute approximate surface area is 123 Å². The molecule has 19 heavy (non-hydrogen) atoms. The lowest BCUT2D eigenvalue weighted by atomic mass is 9.88. The van der Waals surface area contributed by atoms with Gasteiger partial charge in [-0.1, -0.05) is 32.6 Å². The van der Waals surface area contributed by atoms with Crippen LogP contribution in [0.5, 0.6) is 0 Å². The monoisotopic (exact) mass is 288 g/mol. The molecule has 2 rings (SSSR count). The van der Waals surface area contributed by atoms with Crippen molar-refractivity contribution in [1.82, 2.24) is 0 Å². The summed E-state index contributed by atoms with van der Waals surface area (Å²) in [6, 6.07) is 0. The van der Waals surface area contributed by atoms with Crippen molar-refractivity contribution in [3.63, 3.8) is 0 Å². The van der Waals surface area contributed by atoms with Gasteiger partial charge in [0.15, 0.2) is 6.29 Å². The molecule has 2 nitrogen and oxygen atoms in total. The van der Waals surface area contributed by atoms with Gasteiger partial charge in [0, 0.05) is 17.2 Å². The molecule has 0 spiro atoms. The second-order valence-corrected chi connectivity index (χ2v) is 6.88. The van der Waals surface area contributed by atoms with Gasteiger partial charge in [0.25, 0.3) is 0 Å². The Morgan fingerprint density at radius 1 is 0.947 bits per heavy atom. The maximum absolute atomic E-state index is 6.15. The topological polar surface area (TPSA) is 18.5 Å². The van der Waals surface area contributed by atoms with Crippen molar-refractivity contribution < 1.29 is 9.47 Å². The van der Waals surface area contributed by atoms with Crippen LogP contribution in [0.1, 0.15) is 64.7 Å². The third-order valence-corrected chi connectivity index (χ3v) is 4.98. The maximum atomic E-state index is 6.15. The Kier molecular flexibility index (Phi) is 6.97. The Bertz CT molecular complexity index is 231. The van der Waals surface area contributed by atoms with Crippen LogP contribution in [0.15, 0.2) is 0 Å². The summed E-state index contributed by atoms with van der Waals surface area (Å²) in [6.07, 6.45) is 11.2. The zero-order valence-corrected chi connectivity index (χ0v) is 13.0. The first-order valence-corrected chi connectivity index (χ1v) is 8.60. The average Bonchev–Trinajstić information content (AvgIpc) is 2.45. The van der Waals surface area contributed by atoms with Gasteiger partial charge >= 0.3 is 0 Å². The molecule has 0 unspecified atom stereocenters. The lowest BCUT2D eigenvalue weighted by Gasteiger charge is -2.36. The quantitative estimate of drug-likeness (QED) is 0.519. The Hall–Kier alpha value is 0.210. The van der Waals surface area contributed by atoms with Crippen molar-refractivity contribution in [1.29, 1.82) is 0 Å². The third-order valence-electron chi connectivity index (χ3n) is 4.54. The van der Waals surface area contributed by atoms with E-state index in [0.717, 1.165) is 26.1 Å². The first-order valence-electron chi connectivity index (χ1n) is 8.17. The molecule has 1 aliphatic heterocycles. The smallest absolute Gasteiger partial charge is 0.160 e. The van der Waals surface area contributed by atoms with Crippen molar-refractivity contribution in [2.24, 2.45) is 11.8 Å². The van der Waals surface area contributed by atoms with Crippen LogP contribution in [0.4, 0.5) is 0 Å². The molecule has 0 aromatic heterocycles. The van der Waals surface area contributed by atoms with Crippen LogP contribution in [0, 0.1) is 11.8 Å². The first kappa shape index (κ1) is 15.6. The van der Waals surface area contributed by atoms with Gasteiger partial charge in [0.05, 0.1) is 13.2 Å². The number of unbranched alkanes of at least 4 members (excludes halogenated alkanes) is 3. The van der Waals surface area contributed by atoms with E-state index in [4.69, 9.17) is 21.1 Å². The molecule has 2 aliphatic rings. The minimum Gasteiger partial charge on any atom is -0.352 e. The molecular weight excluding hydrogens is 260 g/mol. The summed E-state index contributed by atoms with van der Waals surface area (Å²) in [6.45, 7) is 4.06. The maximum Gasteiger partial charge on any atom is 0.160 e. The van der Waals surface area contributed by atoms with Gasteiger partial charge in [0.2, 0.25) is 0 Å². The summed E-state index contributed by atoms with van der Waals surface area (Å²) in [7, 11) is 0. The van der Waals surface area contributed by atoms with Crippen molar-refractivity contribution in [3.8, 4) is 0 Å². The van der Waals surface area contributed by atoms with Gasteiger partial charge in [-0.15, -0.1) is 11.6 Å². The Balaban J connectivity index is 1.59. The molecule has 0 N–H and O–H groups in total. The van der Waals surface area contributed by atoms with Gasteiger partial charge in [-0.25, -0.2) is 0 Å². The van der Waals surface area contributed by atoms with Crippen LogP contribution >= 0.6 is 11.6 Å². The van der Waals surface area contributed by atoms with Crippen molar-refractivity contribution in [2.75, 3.05) is 13.2 Å². The number of alkyl halides is 1. The van der Waals surface area contributed by atoms with E-state index in [2.05, 4.69) is 6.92 Å². The highest BCUT2D eigenvalue weighted by molar-refractivity contribution is 6.20. The fraction of sp³-hybridized carbons (Fsp3) is 1.00. The Morgan fingerprint density at radius 3 is 2.26 bits per heavy atom. The molecule has 1 aliphatic carbocycles. The zero-order valence-electron chi connectivity index (χ0n) is 12.3. The second-order valence-electron chi connectivity index (χ2n) is 6.26. The van der Waals surface area contributed by atoms with Crippen LogP contribution in [0.3, 0.4) is 0 Å². The molecule has 2 fully saturated rings. The third kappa shape index (κ3) is 5.24. The largest absolute Gasteiger partial charge is 0.352 e. The number of hydrogen-bond acceptors (Lipinski definition) is 2. The molecular formula is C16H29ClO2. The fourth-order valence-corrected chi connectivity index (χ4v) is 3.46. The van der Waals surface area contributed by atoms with E-state index >= 15 is 0 Å². The van der Waals surface area contributed by atoms with E-state index in [1.807, 2.05) is 0 Å². The number of ether oxygens (including phenoxy) is 2. The first-order chi connectivity index (χ1) is 9.29. The molecule has 0 atom stereocenters. The van der Waals surface area contributed by atoms with Gasteiger partial charge < -0.3 is 9.47 Å². The summed E-state index contributed by atoms with van der Waals surface area (Å²) in [4.78, 5) is 0. The number of halogens is 1. The molecule has 3 heteroatoms. The van der Waals surface area contributed by atoms with E-state index in [-0.39, 0.29) is 6.29 Å². The lowest BCUT2D eigenvalue weighted by molar-refractivity contribution is -0.228. The normalized spacial score (nSPS) is 36.3. The van der Waals surface area contributed by atoms with Crippen molar-refractivity contribution >= 4 is 11.6 Å². The summed E-state index contributed by atoms with van der Waals surface area (Å²) >= 11 is 6.15. The number of hydrogen-bond donors (Lipinski definition) is 0. The molecule has 1 saturated heterocycles. The second kappa shape index (κ2) is 8.49. The summed E-state index contributed by atoms with van der Waals surface area (Å²) in [5.74, 6) is 1.20. The predicted octanol–water partition coefficient (Wildman–Crippen LogP) is 4.74. The molecule has 0 bridgehead atoms. The van der Waals surface area contributed by atoms with Gasteiger partial charge in [-0.05, 0) is 32.1 Å². The predicted molar refractivity (Wildman–Crippen MR) is 79.5 cm³/mol. The van der Waals surface area contributed by atoms with Gasteiger partial charge in [0.1, 0.15) is 0 Å². The molecule has 112 valence electrons. The minimum absolute atomic E-state index is 0.0519. The highest BCUT2D eigenvalue weighted by Crippen LogP contribution is 2.33.